The molecule has 4 aromatic rings. The van der Waals surface area contributed by atoms with Gasteiger partial charge in [0.25, 0.3) is 0 Å². The van der Waals surface area contributed by atoms with E-state index in [-0.39, 0.29) is 5.92 Å². The second kappa shape index (κ2) is 10.0. The first kappa shape index (κ1) is 23.4. The van der Waals surface area contributed by atoms with Crippen LogP contribution in [-0.4, -0.2) is 31.1 Å². The number of nitrogens with zero attached hydrogens (tertiary/aromatic N) is 2. The maximum absolute atomic E-state index is 12.0. The molecular formula is C28H26N2O3S. The zero-order valence-corrected chi connectivity index (χ0v) is 19.9. The maximum atomic E-state index is 12.0. The van der Waals surface area contributed by atoms with Crippen LogP contribution in [0.25, 0.3) is 22.3 Å². The van der Waals surface area contributed by atoms with Gasteiger partial charge < -0.3 is 5.21 Å². The summed E-state index contributed by atoms with van der Waals surface area (Å²) >= 11 is 0. The minimum Gasteiger partial charge on any atom is -0.411 e. The van der Waals surface area contributed by atoms with E-state index in [0.717, 1.165) is 38.9 Å². The van der Waals surface area contributed by atoms with Crippen LogP contribution in [0.3, 0.4) is 0 Å². The summed E-state index contributed by atoms with van der Waals surface area (Å²) in [6.45, 7) is 2.08. The van der Waals surface area contributed by atoms with E-state index >= 15 is 0 Å². The first-order chi connectivity index (χ1) is 16.4. The van der Waals surface area contributed by atoms with Gasteiger partial charge in [-0.15, -0.1) is 5.16 Å². The molecule has 3 aromatic carbocycles. The second-order valence-electron chi connectivity index (χ2n) is 8.29. The van der Waals surface area contributed by atoms with E-state index in [9.17, 15) is 8.42 Å². The summed E-state index contributed by atoms with van der Waals surface area (Å²) in [5, 5.41) is 12.4. The van der Waals surface area contributed by atoms with Crippen molar-refractivity contribution in [1.29, 1.82) is 0 Å². The molecule has 34 heavy (non-hydrogen) atoms. The Bertz CT molecular complexity index is 1450. The van der Waals surface area contributed by atoms with E-state index in [2.05, 4.69) is 35.3 Å². The Morgan fingerprint density at radius 3 is 2.35 bits per heavy atom. The van der Waals surface area contributed by atoms with Gasteiger partial charge in [0.2, 0.25) is 0 Å². The van der Waals surface area contributed by atoms with Gasteiger partial charge in [-0.1, -0.05) is 54.6 Å². The SMILES string of the molecule is Cc1ccccc1C(CC=NO)c1ccncc1-c1cccc(-c2cccc(S(C)(=O)=O)c2)c1. The molecule has 6 heteroatoms. The van der Waals surface area contributed by atoms with Crippen LogP contribution in [0.5, 0.6) is 0 Å². The lowest BCUT2D eigenvalue weighted by Crippen LogP contribution is -2.06. The standard InChI is InChI=1S/C28H26N2O3S/c1-20-7-3-4-12-25(20)26(14-16-30-31)27-13-15-29-19-28(27)23-10-5-8-21(17-23)22-9-6-11-24(18-22)34(2,32)33/h3-13,15-19,26,31H,14H2,1-2H3. The van der Waals surface area contributed by atoms with Crippen LogP contribution < -0.4 is 0 Å². The smallest absolute Gasteiger partial charge is 0.175 e. The number of hydrogen-bond acceptors (Lipinski definition) is 5. The fourth-order valence-corrected chi connectivity index (χ4v) is 4.94. The molecule has 0 amide bonds. The molecular weight excluding hydrogens is 444 g/mol. The van der Waals surface area contributed by atoms with E-state index < -0.39 is 9.84 Å². The molecule has 0 aliphatic carbocycles. The number of pyridine rings is 1. The zero-order valence-electron chi connectivity index (χ0n) is 19.1. The van der Waals surface area contributed by atoms with Crippen LogP contribution in [0, 0.1) is 6.92 Å². The lowest BCUT2D eigenvalue weighted by Gasteiger charge is -2.21. The number of rotatable bonds is 7. The van der Waals surface area contributed by atoms with Crippen molar-refractivity contribution in [3.63, 3.8) is 0 Å². The molecule has 0 bridgehead atoms. The van der Waals surface area contributed by atoms with E-state index in [1.165, 1.54) is 12.5 Å². The summed E-state index contributed by atoms with van der Waals surface area (Å²) in [6.07, 6.45) is 6.90. The van der Waals surface area contributed by atoms with E-state index in [1.807, 2.05) is 48.7 Å². The number of sulfone groups is 1. The molecule has 0 saturated carbocycles. The largest absolute Gasteiger partial charge is 0.411 e. The molecule has 0 fully saturated rings. The van der Waals surface area contributed by atoms with Crippen molar-refractivity contribution >= 4 is 16.1 Å². The molecule has 0 saturated heterocycles. The number of benzene rings is 3. The highest BCUT2D eigenvalue weighted by Gasteiger charge is 2.20. The molecule has 5 nitrogen and oxygen atoms in total. The molecule has 172 valence electrons. The first-order valence-electron chi connectivity index (χ1n) is 10.9. The minimum absolute atomic E-state index is 0.0210. The van der Waals surface area contributed by atoms with E-state index in [4.69, 9.17) is 5.21 Å². The summed E-state index contributed by atoms with van der Waals surface area (Å²) < 4.78 is 24.1. The van der Waals surface area contributed by atoms with Crippen LogP contribution in [0.15, 0.2) is 101 Å². The van der Waals surface area contributed by atoms with Crippen molar-refractivity contribution in [2.75, 3.05) is 6.26 Å². The van der Waals surface area contributed by atoms with Gasteiger partial charge in [0.15, 0.2) is 9.84 Å². The third kappa shape index (κ3) is 5.07. The average Bonchev–Trinajstić information content (AvgIpc) is 2.85. The molecule has 1 heterocycles. The molecule has 1 N–H and O–H groups in total. The van der Waals surface area contributed by atoms with Gasteiger partial charge in [-0.3, -0.25) is 4.98 Å². The summed E-state index contributed by atoms with van der Waals surface area (Å²) in [5.41, 5.74) is 7.10. The zero-order chi connectivity index (χ0) is 24.1. The molecule has 1 unspecified atom stereocenters. The molecule has 1 aromatic heterocycles. The maximum Gasteiger partial charge on any atom is 0.175 e. The Kier molecular flexibility index (Phi) is 6.89. The highest BCUT2D eigenvalue weighted by atomic mass is 32.2. The fraction of sp³-hybridized carbons (Fsp3) is 0.143. The van der Waals surface area contributed by atoms with E-state index in [1.54, 1.807) is 24.4 Å². The van der Waals surface area contributed by atoms with Gasteiger partial charge in [-0.05, 0) is 71.0 Å². The van der Waals surface area contributed by atoms with Crippen molar-refractivity contribution in [1.82, 2.24) is 4.98 Å². The Hall–Kier alpha value is -3.77. The molecule has 0 radical (unpaired) electrons. The highest BCUT2D eigenvalue weighted by molar-refractivity contribution is 7.90. The highest BCUT2D eigenvalue weighted by Crippen LogP contribution is 2.37. The van der Waals surface area contributed by atoms with Crippen molar-refractivity contribution in [3.05, 3.63) is 108 Å². The summed E-state index contributed by atoms with van der Waals surface area (Å²) in [4.78, 5) is 4.68. The molecule has 4 rings (SSSR count). The van der Waals surface area contributed by atoms with Crippen LogP contribution in [0.2, 0.25) is 0 Å². The lowest BCUT2D eigenvalue weighted by molar-refractivity contribution is 0.320. The normalized spacial score (nSPS) is 12.6. The number of oxime groups is 1. The monoisotopic (exact) mass is 470 g/mol. The molecule has 0 aliphatic rings. The topological polar surface area (TPSA) is 79.6 Å². The van der Waals surface area contributed by atoms with Gasteiger partial charge in [0.05, 0.1) is 4.90 Å². The van der Waals surface area contributed by atoms with Crippen LogP contribution >= 0.6 is 0 Å². The van der Waals surface area contributed by atoms with Gasteiger partial charge >= 0.3 is 0 Å². The summed E-state index contributed by atoms with van der Waals surface area (Å²) in [6, 6.07) is 25.2. The number of aryl methyl sites for hydroxylation is 1. The molecule has 0 aliphatic heterocycles. The second-order valence-corrected chi connectivity index (χ2v) is 10.3. The Balaban J connectivity index is 1.83. The number of hydrogen-bond donors (Lipinski definition) is 1. The lowest BCUT2D eigenvalue weighted by atomic mass is 9.83. The van der Waals surface area contributed by atoms with Gasteiger partial charge in [-0.2, -0.15) is 0 Å². The van der Waals surface area contributed by atoms with Crippen LogP contribution in [0.1, 0.15) is 29.0 Å². The Labute approximate surface area is 200 Å². The number of aromatic nitrogens is 1. The molecule has 0 spiro atoms. The predicted octanol–water partition coefficient (Wildman–Crippen LogP) is 6.11. The quantitative estimate of drug-likeness (QED) is 0.201. The van der Waals surface area contributed by atoms with Gasteiger partial charge in [-0.25, -0.2) is 8.42 Å². The van der Waals surface area contributed by atoms with Crippen molar-refractivity contribution in [2.24, 2.45) is 5.16 Å². The van der Waals surface area contributed by atoms with Crippen molar-refractivity contribution < 1.29 is 13.6 Å². The minimum atomic E-state index is -3.30. The van der Waals surface area contributed by atoms with Crippen LogP contribution in [0.4, 0.5) is 0 Å². The summed E-state index contributed by atoms with van der Waals surface area (Å²) in [7, 11) is -3.30. The third-order valence-electron chi connectivity index (χ3n) is 5.99. The first-order valence-corrected chi connectivity index (χ1v) is 12.8. The van der Waals surface area contributed by atoms with Crippen molar-refractivity contribution in [3.8, 4) is 22.3 Å². The summed E-state index contributed by atoms with van der Waals surface area (Å²) in [5.74, 6) is -0.0210. The molecule has 1 atom stereocenters. The Morgan fingerprint density at radius 1 is 0.912 bits per heavy atom. The van der Waals surface area contributed by atoms with Crippen molar-refractivity contribution in [2.45, 2.75) is 24.2 Å². The fourth-order valence-electron chi connectivity index (χ4n) is 4.27. The van der Waals surface area contributed by atoms with Gasteiger partial charge in [0, 0.05) is 36.3 Å². The predicted molar refractivity (Wildman–Crippen MR) is 136 cm³/mol. The van der Waals surface area contributed by atoms with Crippen LogP contribution in [-0.2, 0) is 9.84 Å². The van der Waals surface area contributed by atoms with E-state index in [0.29, 0.717) is 11.3 Å². The third-order valence-corrected chi connectivity index (χ3v) is 7.10. The average molecular weight is 471 g/mol. The Morgan fingerprint density at radius 2 is 1.62 bits per heavy atom. The van der Waals surface area contributed by atoms with Gasteiger partial charge in [0.1, 0.15) is 0 Å².